The van der Waals surface area contributed by atoms with Gasteiger partial charge in [-0.15, -0.1) is 15.0 Å². The van der Waals surface area contributed by atoms with E-state index in [1.165, 1.54) is 0 Å². The van der Waals surface area contributed by atoms with Crippen LogP contribution in [0.25, 0.3) is 0 Å². The van der Waals surface area contributed by atoms with E-state index in [1.807, 2.05) is 49.4 Å². The Bertz CT molecular complexity index is 1060. The van der Waals surface area contributed by atoms with E-state index in [2.05, 4.69) is 60.6 Å². The second-order valence-electron chi connectivity index (χ2n) is 7.52. The Hall–Kier alpha value is -2.98. The molecule has 0 radical (unpaired) electrons. The van der Waals surface area contributed by atoms with Gasteiger partial charge in [-0.1, -0.05) is 106 Å². The molecule has 154 valence electrons. The van der Waals surface area contributed by atoms with Crippen LogP contribution in [0, 0.1) is 6.92 Å². The van der Waals surface area contributed by atoms with Crippen LogP contribution in [0.1, 0.15) is 55.3 Å². The highest BCUT2D eigenvalue weighted by atomic mass is 35.5. The highest BCUT2D eigenvalue weighted by Crippen LogP contribution is 2.43. The Morgan fingerprint density at radius 1 is 0.867 bits per heavy atom. The summed E-state index contributed by atoms with van der Waals surface area (Å²) in [7, 11) is 0. The topological polar surface area (TPSA) is 43.6 Å². The molecule has 0 N–H and O–H groups in total. The van der Waals surface area contributed by atoms with Crippen molar-refractivity contribution in [3.8, 4) is 0 Å². The van der Waals surface area contributed by atoms with Crippen molar-refractivity contribution >= 4 is 11.6 Å². The first kappa shape index (κ1) is 21.7. The van der Waals surface area contributed by atoms with Crippen molar-refractivity contribution in [3.05, 3.63) is 112 Å². The first-order valence-electron chi connectivity index (χ1n) is 9.71. The zero-order valence-corrected chi connectivity index (χ0v) is 17.5. The minimum Gasteiger partial charge on any atom is -0.144 e. The lowest BCUT2D eigenvalue weighted by atomic mass is 9.77. The van der Waals surface area contributed by atoms with Gasteiger partial charge < -0.3 is 0 Å². The van der Waals surface area contributed by atoms with Crippen LogP contribution in [-0.2, 0) is 5.54 Å². The molecule has 4 aromatic rings. The number of tetrazole rings is 1. The minimum atomic E-state index is -0.840. The van der Waals surface area contributed by atoms with Crippen LogP contribution < -0.4 is 0 Å². The summed E-state index contributed by atoms with van der Waals surface area (Å²) < 4.78 is 0. The fourth-order valence-electron chi connectivity index (χ4n) is 3.69. The average Bonchev–Trinajstić information content (AvgIpc) is 3.22. The summed E-state index contributed by atoms with van der Waals surface area (Å²) in [4.78, 5) is 1.71. The van der Waals surface area contributed by atoms with Gasteiger partial charge in [0.1, 0.15) is 0 Å². The number of hydrogen-bond acceptors (Lipinski definition) is 3. The molecule has 0 aliphatic carbocycles. The number of aryl methyl sites for hydroxylation is 1. The van der Waals surface area contributed by atoms with Gasteiger partial charge in [0.05, 0.1) is 0 Å². The highest BCUT2D eigenvalue weighted by Gasteiger charge is 2.42. The summed E-state index contributed by atoms with van der Waals surface area (Å²) in [5, 5.41) is 14.3. The minimum absolute atomic E-state index is 0. The Morgan fingerprint density at radius 3 is 1.90 bits per heavy atom. The molecule has 0 atom stereocenters. The first-order valence-corrected chi connectivity index (χ1v) is 10.1. The molecule has 5 heteroatoms. The average molecular weight is 419 g/mol. The van der Waals surface area contributed by atoms with Crippen LogP contribution >= 0.6 is 11.6 Å². The largest absolute Gasteiger partial charge is 0.177 e. The lowest BCUT2D eigenvalue weighted by molar-refractivity contribution is 0.393. The van der Waals surface area contributed by atoms with Gasteiger partial charge in [0.15, 0.2) is 11.4 Å². The lowest BCUT2D eigenvalue weighted by Gasteiger charge is -2.35. The molecular formula is C25H27ClN4. The van der Waals surface area contributed by atoms with E-state index in [4.69, 9.17) is 16.7 Å². The van der Waals surface area contributed by atoms with Crippen molar-refractivity contribution in [2.24, 2.45) is 0 Å². The van der Waals surface area contributed by atoms with Gasteiger partial charge in [0.2, 0.25) is 0 Å². The Morgan fingerprint density at radius 2 is 1.43 bits per heavy atom. The molecule has 3 aromatic carbocycles. The Labute approximate surface area is 183 Å². The number of hydrogen-bond donors (Lipinski definition) is 0. The van der Waals surface area contributed by atoms with Crippen molar-refractivity contribution in [2.75, 3.05) is 0 Å². The number of rotatable bonds is 5. The maximum Gasteiger partial charge on any atom is 0.177 e. The third-order valence-electron chi connectivity index (χ3n) is 5.14. The lowest BCUT2D eigenvalue weighted by Crippen LogP contribution is -2.40. The fourth-order valence-corrected chi connectivity index (χ4v) is 4.06. The molecule has 0 aliphatic heterocycles. The second kappa shape index (κ2) is 8.80. The van der Waals surface area contributed by atoms with E-state index >= 15 is 0 Å². The maximum absolute atomic E-state index is 6.84. The molecule has 4 rings (SSSR count). The molecule has 4 nitrogen and oxygen atoms in total. The van der Waals surface area contributed by atoms with Gasteiger partial charge in [0.25, 0.3) is 0 Å². The Kier molecular flexibility index (Phi) is 6.37. The molecule has 0 saturated carbocycles. The van der Waals surface area contributed by atoms with Crippen LogP contribution in [0.4, 0.5) is 0 Å². The molecule has 1 aromatic heterocycles. The van der Waals surface area contributed by atoms with Crippen molar-refractivity contribution in [3.63, 3.8) is 0 Å². The molecule has 0 bridgehead atoms. The smallest absolute Gasteiger partial charge is 0.144 e. The fraction of sp³-hybridized carbons (Fsp3) is 0.240. The number of benzene rings is 3. The summed E-state index contributed by atoms with van der Waals surface area (Å²) in [6.45, 7) is 6.16. The standard InChI is InChI=1S/C24H23ClN4.CH4/c1-17(2)23-26-28-29(27-23)24(19-10-6-4-7-11-19,20-12-8-5-9-13-20)21-15-14-18(3)16-22(21)25;/h4-17H,1-3H3;1H4. The normalized spacial score (nSPS) is 11.4. The number of halogens is 1. The van der Waals surface area contributed by atoms with Crippen LogP contribution in [0.15, 0.2) is 78.9 Å². The van der Waals surface area contributed by atoms with E-state index in [0.717, 1.165) is 22.3 Å². The molecular weight excluding hydrogens is 392 g/mol. The van der Waals surface area contributed by atoms with Crippen molar-refractivity contribution < 1.29 is 0 Å². The van der Waals surface area contributed by atoms with Crippen LogP contribution in [0.2, 0.25) is 5.02 Å². The van der Waals surface area contributed by atoms with Crippen molar-refractivity contribution in [1.82, 2.24) is 20.2 Å². The van der Waals surface area contributed by atoms with Crippen LogP contribution in [-0.4, -0.2) is 20.2 Å². The van der Waals surface area contributed by atoms with E-state index in [-0.39, 0.29) is 13.3 Å². The monoisotopic (exact) mass is 418 g/mol. The van der Waals surface area contributed by atoms with Crippen LogP contribution in [0.5, 0.6) is 0 Å². The molecule has 0 amide bonds. The first-order chi connectivity index (χ1) is 14.0. The van der Waals surface area contributed by atoms with E-state index in [1.54, 1.807) is 4.80 Å². The van der Waals surface area contributed by atoms with Gasteiger partial charge in [0, 0.05) is 16.5 Å². The van der Waals surface area contributed by atoms with Gasteiger partial charge in [-0.05, 0) is 34.9 Å². The predicted octanol–water partition coefficient (Wildman–Crippen LogP) is 6.23. The van der Waals surface area contributed by atoms with Crippen molar-refractivity contribution in [1.29, 1.82) is 0 Å². The maximum atomic E-state index is 6.84. The number of nitrogens with zero attached hydrogens (tertiary/aromatic N) is 4. The summed E-state index contributed by atoms with van der Waals surface area (Å²) in [6.07, 6.45) is 0. The molecule has 0 fully saturated rings. The molecule has 30 heavy (non-hydrogen) atoms. The molecule has 0 saturated heterocycles. The van der Waals surface area contributed by atoms with Crippen LogP contribution in [0.3, 0.4) is 0 Å². The third kappa shape index (κ3) is 3.63. The second-order valence-corrected chi connectivity index (χ2v) is 7.92. The Balaban J connectivity index is 0.00000256. The summed E-state index contributed by atoms with van der Waals surface area (Å²) in [6, 6.07) is 26.6. The predicted molar refractivity (Wildman–Crippen MR) is 123 cm³/mol. The number of aromatic nitrogens is 4. The van der Waals surface area contributed by atoms with Gasteiger partial charge in [-0.3, -0.25) is 0 Å². The zero-order chi connectivity index (χ0) is 20.4. The van der Waals surface area contributed by atoms with Gasteiger partial charge in [-0.25, -0.2) is 0 Å². The summed E-state index contributed by atoms with van der Waals surface area (Å²) in [5.74, 6) is 0.867. The third-order valence-corrected chi connectivity index (χ3v) is 5.46. The molecule has 0 aliphatic rings. The SMILES string of the molecule is C.Cc1ccc(C(c2ccccc2)(c2ccccc2)n2nnc(C(C)C)n2)c(Cl)c1. The molecule has 1 heterocycles. The zero-order valence-electron chi connectivity index (χ0n) is 16.7. The molecule has 0 unspecified atom stereocenters. The summed E-state index contributed by atoms with van der Waals surface area (Å²) >= 11 is 6.84. The van der Waals surface area contributed by atoms with Gasteiger partial charge in [-0.2, -0.15) is 0 Å². The quantitative estimate of drug-likeness (QED) is 0.360. The van der Waals surface area contributed by atoms with E-state index < -0.39 is 5.54 Å². The van der Waals surface area contributed by atoms with E-state index in [9.17, 15) is 0 Å². The van der Waals surface area contributed by atoms with Crippen molar-refractivity contribution in [2.45, 2.75) is 39.7 Å². The highest BCUT2D eigenvalue weighted by molar-refractivity contribution is 6.31. The van der Waals surface area contributed by atoms with Gasteiger partial charge >= 0.3 is 0 Å². The summed E-state index contributed by atoms with van der Waals surface area (Å²) in [5.41, 5.74) is 3.21. The molecule has 0 spiro atoms. The van der Waals surface area contributed by atoms with E-state index in [0.29, 0.717) is 10.8 Å².